The van der Waals surface area contributed by atoms with Crippen molar-refractivity contribution in [3.63, 3.8) is 0 Å². The molecule has 0 radical (unpaired) electrons. The van der Waals surface area contributed by atoms with Crippen LogP contribution in [0.15, 0.2) is 42.9 Å². The number of methoxy groups -OCH3 is 1. The highest BCUT2D eigenvalue weighted by Gasteiger charge is 2.58. The topological polar surface area (TPSA) is 93.2 Å². The summed E-state index contributed by atoms with van der Waals surface area (Å²) in [5.74, 6) is -1.59. The average molecular weight is 418 g/mol. The number of esters is 1. The zero-order chi connectivity index (χ0) is 19.4. The monoisotopic (exact) mass is 416 g/mol. The highest BCUT2D eigenvalue weighted by molar-refractivity contribution is 6.69. The van der Waals surface area contributed by atoms with Gasteiger partial charge in [0.05, 0.1) is 13.3 Å². The molecule has 26 heavy (non-hydrogen) atoms. The Bertz CT molecular complexity index is 782. The molecule has 2 rings (SSSR count). The minimum Gasteiger partial charge on any atom is -0.466 e. The summed E-state index contributed by atoms with van der Waals surface area (Å²) in [4.78, 5) is 33.0. The summed E-state index contributed by atoms with van der Waals surface area (Å²) in [5.41, 5.74) is -1.02. The van der Waals surface area contributed by atoms with Crippen LogP contribution in [0.3, 0.4) is 0 Å². The maximum absolute atomic E-state index is 12.7. The van der Waals surface area contributed by atoms with Crippen LogP contribution >= 0.6 is 34.8 Å². The predicted octanol–water partition coefficient (Wildman–Crippen LogP) is 2.87. The van der Waals surface area contributed by atoms with Gasteiger partial charge >= 0.3 is 5.97 Å². The molecule has 1 unspecified atom stereocenters. The van der Waals surface area contributed by atoms with Gasteiger partial charge < -0.3 is 15.4 Å². The van der Waals surface area contributed by atoms with E-state index >= 15 is 0 Å². The first kappa shape index (κ1) is 20.2. The molecule has 1 aromatic heterocycles. The summed E-state index contributed by atoms with van der Waals surface area (Å²) >= 11 is 18.1. The SMILES string of the molecule is COC(=O)C(NC(=O)c1ccc(C)cc1)(Nc1cnccn1)C(Cl)(Cl)Cl. The van der Waals surface area contributed by atoms with E-state index in [0.29, 0.717) is 0 Å². The minimum absolute atomic E-state index is 0.0911. The standard InChI is InChI=1S/C16H15Cl3N4O3/c1-10-3-5-11(6-4-10)13(24)23-15(14(25)26-2,16(17,18)19)22-12-9-20-7-8-21-12/h3-9H,1-2H3,(H,21,22)(H,23,24). The Kier molecular flexibility index (Phi) is 6.28. The van der Waals surface area contributed by atoms with E-state index in [1.165, 1.54) is 18.6 Å². The summed E-state index contributed by atoms with van der Waals surface area (Å²) in [6.45, 7) is 1.87. The molecule has 2 aromatic rings. The smallest absolute Gasteiger partial charge is 0.357 e. The van der Waals surface area contributed by atoms with Crippen molar-refractivity contribution in [2.75, 3.05) is 12.4 Å². The largest absolute Gasteiger partial charge is 0.466 e. The van der Waals surface area contributed by atoms with E-state index in [9.17, 15) is 9.59 Å². The number of rotatable bonds is 5. The Hall–Kier alpha value is -2.09. The summed E-state index contributed by atoms with van der Waals surface area (Å²) in [7, 11) is 1.10. The molecule has 0 saturated carbocycles. The maximum Gasteiger partial charge on any atom is 0.357 e. The zero-order valence-corrected chi connectivity index (χ0v) is 16.1. The molecule has 0 aliphatic carbocycles. The summed E-state index contributed by atoms with van der Waals surface area (Å²) in [5, 5.41) is 5.04. The fourth-order valence-electron chi connectivity index (χ4n) is 2.05. The number of benzene rings is 1. The Morgan fingerprint density at radius 2 is 1.77 bits per heavy atom. The Balaban J connectivity index is 2.46. The van der Waals surface area contributed by atoms with Gasteiger partial charge in [0.1, 0.15) is 5.82 Å². The van der Waals surface area contributed by atoms with Gasteiger partial charge in [-0.2, -0.15) is 0 Å². The third-order valence-electron chi connectivity index (χ3n) is 3.41. The van der Waals surface area contributed by atoms with Crippen molar-refractivity contribution in [2.45, 2.75) is 16.4 Å². The fraction of sp³-hybridized carbons (Fsp3) is 0.250. The van der Waals surface area contributed by atoms with Gasteiger partial charge in [0.25, 0.3) is 11.6 Å². The molecular weight excluding hydrogens is 403 g/mol. The Morgan fingerprint density at radius 1 is 1.12 bits per heavy atom. The second-order valence-electron chi connectivity index (χ2n) is 5.28. The van der Waals surface area contributed by atoms with Gasteiger partial charge in [0.2, 0.25) is 3.79 Å². The second-order valence-corrected chi connectivity index (χ2v) is 7.56. The van der Waals surface area contributed by atoms with Crippen molar-refractivity contribution in [3.05, 3.63) is 54.0 Å². The fourth-order valence-corrected chi connectivity index (χ4v) is 2.56. The van der Waals surface area contributed by atoms with E-state index in [4.69, 9.17) is 39.5 Å². The van der Waals surface area contributed by atoms with Crippen molar-refractivity contribution in [1.29, 1.82) is 0 Å². The molecule has 1 amide bonds. The first-order valence-electron chi connectivity index (χ1n) is 7.28. The summed E-state index contributed by atoms with van der Waals surface area (Å²) in [6.07, 6.45) is 4.09. The lowest BCUT2D eigenvalue weighted by molar-refractivity contribution is -0.146. The number of halogens is 3. The molecule has 0 bridgehead atoms. The minimum atomic E-state index is -2.32. The van der Waals surface area contributed by atoms with Gasteiger partial charge in [-0.15, -0.1) is 0 Å². The van der Waals surface area contributed by atoms with Crippen LogP contribution in [0.2, 0.25) is 0 Å². The van der Waals surface area contributed by atoms with Crippen LogP contribution < -0.4 is 10.6 Å². The average Bonchev–Trinajstić information content (AvgIpc) is 2.60. The molecule has 10 heteroatoms. The predicted molar refractivity (Wildman–Crippen MR) is 99.3 cm³/mol. The molecule has 2 N–H and O–H groups in total. The molecule has 1 atom stereocenters. The number of ether oxygens (including phenoxy) is 1. The lowest BCUT2D eigenvalue weighted by atomic mass is 10.1. The molecule has 0 aliphatic rings. The van der Waals surface area contributed by atoms with E-state index < -0.39 is 21.3 Å². The van der Waals surface area contributed by atoms with Crippen LogP contribution in [-0.2, 0) is 9.53 Å². The van der Waals surface area contributed by atoms with Crippen molar-refractivity contribution in [2.24, 2.45) is 0 Å². The number of nitrogens with one attached hydrogen (secondary N) is 2. The number of hydrogen-bond acceptors (Lipinski definition) is 6. The highest BCUT2D eigenvalue weighted by Crippen LogP contribution is 2.39. The molecule has 0 fully saturated rings. The highest BCUT2D eigenvalue weighted by atomic mass is 35.6. The van der Waals surface area contributed by atoms with Crippen LogP contribution in [0, 0.1) is 6.92 Å². The first-order valence-corrected chi connectivity index (χ1v) is 8.41. The number of aryl methyl sites for hydroxylation is 1. The van der Waals surface area contributed by atoms with Gasteiger partial charge in [-0.25, -0.2) is 9.78 Å². The van der Waals surface area contributed by atoms with E-state index in [1.54, 1.807) is 24.3 Å². The van der Waals surface area contributed by atoms with Gasteiger partial charge in [-0.3, -0.25) is 9.78 Å². The zero-order valence-electron chi connectivity index (χ0n) is 13.8. The van der Waals surface area contributed by atoms with Gasteiger partial charge in [0, 0.05) is 18.0 Å². The quantitative estimate of drug-likeness (QED) is 0.441. The molecule has 0 spiro atoms. The number of nitrogens with zero attached hydrogens (tertiary/aromatic N) is 2. The number of alkyl halides is 3. The van der Waals surface area contributed by atoms with Crippen LogP contribution in [-0.4, -0.2) is 38.4 Å². The lowest BCUT2D eigenvalue weighted by Crippen LogP contribution is -2.68. The number of carbonyl (C=O) groups excluding carboxylic acids is 2. The Morgan fingerprint density at radius 3 is 2.27 bits per heavy atom. The van der Waals surface area contributed by atoms with Crippen molar-refractivity contribution >= 4 is 52.5 Å². The second kappa shape index (κ2) is 8.07. The van der Waals surface area contributed by atoms with E-state index in [-0.39, 0.29) is 11.4 Å². The molecule has 7 nitrogen and oxygen atoms in total. The van der Waals surface area contributed by atoms with Crippen LogP contribution in [0.5, 0.6) is 0 Å². The van der Waals surface area contributed by atoms with E-state index in [0.717, 1.165) is 12.7 Å². The van der Waals surface area contributed by atoms with E-state index in [1.807, 2.05) is 6.92 Å². The van der Waals surface area contributed by atoms with Gasteiger partial charge in [-0.1, -0.05) is 52.5 Å². The van der Waals surface area contributed by atoms with Crippen molar-refractivity contribution in [1.82, 2.24) is 15.3 Å². The summed E-state index contributed by atoms with van der Waals surface area (Å²) < 4.78 is 2.43. The molecule has 1 aromatic carbocycles. The van der Waals surface area contributed by atoms with Crippen molar-refractivity contribution < 1.29 is 14.3 Å². The normalized spacial score (nSPS) is 13.4. The third-order valence-corrected chi connectivity index (χ3v) is 4.26. The number of hydrogen-bond donors (Lipinski definition) is 2. The van der Waals surface area contributed by atoms with Crippen LogP contribution in [0.1, 0.15) is 15.9 Å². The number of anilines is 1. The van der Waals surface area contributed by atoms with Gasteiger partial charge in [-0.05, 0) is 19.1 Å². The molecule has 138 valence electrons. The molecular formula is C16H15Cl3N4O3. The number of carbonyl (C=O) groups is 2. The number of aromatic nitrogens is 2. The number of amides is 1. The molecule has 0 aliphatic heterocycles. The van der Waals surface area contributed by atoms with Crippen LogP contribution in [0.25, 0.3) is 0 Å². The molecule has 0 saturated heterocycles. The van der Waals surface area contributed by atoms with E-state index in [2.05, 4.69) is 20.6 Å². The summed E-state index contributed by atoms with van der Waals surface area (Å²) in [6, 6.07) is 6.63. The van der Waals surface area contributed by atoms with Gasteiger partial charge in [0.15, 0.2) is 0 Å². The molecule has 1 heterocycles. The first-order chi connectivity index (χ1) is 12.2. The van der Waals surface area contributed by atoms with Crippen molar-refractivity contribution in [3.8, 4) is 0 Å². The maximum atomic E-state index is 12.7. The third kappa shape index (κ3) is 4.35. The Labute approximate surface area is 165 Å². The lowest BCUT2D eigenvalue weighted by Gasteiger charge is -2.38. The van der Waals surface area contributed by atoms with Crippen LogP contribution in [0.4, 0.5) is 5.82 Å².